The van der Waals surface area contributed by atoms with Crippen LogP contribution in [-0.2, 0) is 6.54 Å². The summed E-state index contributed by atoms with van der Waals surface area (Å²) in [4.78, 5) is 14.4. The lowest BCUT2D eigenvalue weighted by atomic mass is 9.87. The van der Waals surface area contributed by atoms with Gasteiger partial charge in [0.2, 0.25) is 0 Å². The van der Waals surface area contributed by atoms with E-state index in [1.807, 2.05) is 13.1 Å². The van der Waals surface area contributed by atoms with Crippen LogP contribution in [0, 0.1) is 6.92 Å². The number of nitrogens with one attached hydrogen (secondary N) is 1. The van der Waals surface area contributed by atoms with Crippen molar-refractivity contribution >= 4 is 10.9 Å². The molecule has 0 saturated carbocycles. The van der Waals surface area contributed by atoms with E-state index in [1.165, 1.54) is 29.3 Å². The number of benzene rings is 1. The number of nitrogens with zero attached hydrogens (tertiary/aromatic N) is 3. The molecule has 4 nitrogen and oxygen atoms in total. The highest BCUT2D eigenvalue weighted by molar-refractivity contribution is 5.83. The molecule has 0 aliphatic carbocycles. The van der Waals surface area contributed by atoms with Gasteiger partial charge in [-0.1, -0.05) is 12.1 Å². The Morgan fingerprint density at radius 3 is 2.87 bits per heavy atom. The number of aromatic amines is 1. The number of H-pyrrole nitrogens is 1. The summed E-state index contributed by atoms with van der Waals surface area (Å²) < 4.78 is 0. The van der Waals surface area contributed by atoms with Crippen molar-refractivity contribution in [2.24, 2.45) is 0 Å². The smallest absolute Gasteiger partial charge is 0.115 e. The molecule has 1 N–H and O–H groups in total. The molecule has 1 aliphatic heterocycles. The molecule has 118 valence electrons. The van der Waals surface area contributed by atoms with E-state index in [2.05, 4.69) is 50.2 Å². The van der Waals surface area contributed by atoms with Crippen LogP contribution in [0.4, 0.5) is 0 Å². The maximum atomic E-state index is 4.39. The number of rotatable bonds is 3. The molecule has 0 unspecified atom stereocenters. The summed E-state index contributed by atoms with van der Waals surface area (Å²) in [7, 11) is 0. The zero-order valence-electron chi connectivity index (χ0n) is 13.5. The summed E-state index contributed by atoms with van der Waals surface area (Å²) in [6, 6.07) is 10.9. The first-order chi connectivity index (χ1) is 11.3. The molecule has 0 radical (unpaired) electrons. The molecule has 1 saturated heterocycles. The van der Waals surface area contributed by atoms with E-state index in [0.29, 0.717) is 5.92 Å². The highest BCUT2D eigenvalue weighted by Crippen LogP contribution is 2.33. The monoisotopic (exact) mass is 306 g/mol. The van der Waals surface area contributed by atoms with Crippen LogP contribution in [0.3, 0.4) is 0 Å². The Balaban J connectivity index is 1.44. The Morgan fingerprint density at radius 1 is 1.17 bits per heavy atom. The Morgan fingerprint density at radius 2 is 2.04 bits per heavy atom. The second-order valence-corrected chi connectivity index (χ2v) is 6.49. The van der Waals surface area contributed by atoms with E-state index < -0.39 is 0 Å². The predicted molar refractivity (Wildman–Crippen MR) is 92.3 cm³/mol. The SMILES string of the molecule is Cc1cc(CN2CCC(c3cccc4[nH]ccc34)CC2)ncn1. The zero-order valence-corrected chi connectivity index (χ0v) is 13.5. The number of aromatic nitrogens is 3. The number of fused-ring (bicyclic) bond motifs is 1. The number of aryl methyl sites for hydroxylation is 1. The van der Waals surface area contributed by atoms with Gasteiger partial charge in [-0.3, -0.25) is 4.90 Å². The van der Waals surface area contributed by atoms with E-state index in [4.69, 9.17) is 0 Å². The largest absolute Gasteiger partial charge is 0.361 e. The van der Waals surface area contributed by atoms with Crippen molar-refractivity contribution in [2.45, 2.75) is 32.2 Å². The number of hydrogen-bond donors (Lipinski definition) is 1. The Labute approximate surface area is 136 Å². The van der Waals surface area contributed by atoms with Gasteiger partial charge in [-0.2, -0.15) is 0 Å². The highest BCUT2D eigenvalue weighted by atomic mass is 15.1. The van der Waals surface area contributed by atoms with Crippen molar-refractivity contribution in [1.82, 2.24) is 19.9 Å². The average Bonchev–Trinajstić information content (AvgIpc) is 3.04. The summed E-state index contributed by atoms with van der Waals surface area (Å²) in [6.07, 6.45) is 6.15. The summed E-state index contributed by atoms with van der Waals surface area (Å²) >= 11 is 0. The van der Waals surface area contributed by atoms with Gasteiger partial charge in [-0.15, -0.1) is 0 Å². The Kier molecular flexibility index (Phi) is 3.83. The molecule has 2 aromatic heterocycles. The molecule has 3 heterocycles. The standard InChI is InChI=1S/C19H22N4/c1-14-11-16(22-13-21-14)12-23-9-6-15(7-10-23)17-3-2-4-19-18(17)5-8-20-19/h2-5,8,11,13,15,20H,6-7,9-10,12H2,1H3. The third-order valence-electron chi connectivity index (χ3n) is 4.90. The molecule has 0 atom stereocenters. The lowest BCUT2D eigenvalue weighted by molar-refractivity contribution is 0.203. The molecule has 1 aliphatic rings. The zero-order chi connectivity index (χ0) is 15.6. The van der Waals surface area contributed by atoms with Crippen molar-refractivity contribution in [1.29, 1.82) is 0 Å². The highest BCUT2D eigenvalue weighted by Gasteiger charge is 2.22. The predicted octanol–water partition coefficient (Wildman–Crippen LogP) is 3.65. The first-order valence-electron chi connectivity index (χ1n) is 8.35. The summed E-state index contributed by atoms with van der Waals surface area (Å²) in [5.74, 6) is 0.665. The first kappa shape index (κ1) is 14.4. The molecular weight excluding hydrogens is 284 g/mol. The van der Waals surface area contributed by atoms with Crippen LogP contribution in [0.1, 0.15) is 35.7 Å². The summed E-state index contributed by atoms with van der Waals surface area (Å²) in [6.45, 7) is 5.22. The van der Waals surface area contributed by atoms with E-state index >= 15 is 0 Å². The molecule has 4 heteroatoms. The van der Waals surface area contributed by atoms with Crippen molar-refractivity contribution in [3.63, 3.8) is 0 Å². The van der Waals surface area contributed by atoms with Gasteiger partial charge in [0, 0.05) is 29.3 Å². The number of hydrogen-bond acceptors (Lipinski definition) is 3. The van der Waals surface area contributed by atoms with E-state index in [0.717, 1.165) is 31.0 Å². The van der Waals surface area contributed by atoms with Crippen molar-refractivity contribution in [3.05, 3.63) is 59.8 Å². The van der Waals surface area contributed by atoms with Crippen LogP contribution in [0.5, 0.6) is 0 Å². The maximum absolute atomic E-state index is 4.39. The quantitative estimate of drug-likeness (QED) is 0.803. The van der Waals surface area contributed by atoms with Gasteiger partial charge in [0.05, 0.1) is 5.69 Å². The second-order valence-electron chi connectivity index (χ2n) is 6.49. The molecule has 1 aromatic carbocycles. The molecule has 0 bridgehead atoms. The fourth-order valence-electron chi connectivity index (χ4n) is 3.69. The average molecular weight is 306 g/mol. The van der Waals surface area contributed by atoms with Gasteiger partial charge in [0.15, 0.2) is 0 Å². The maximum Gasteiger partial charge on any atom is 0.115 e. The molecular formula is C19H22N4. The van der Waals surface area contributed by atoms with Crippen LogP contribution in [0.25, 0.3) is 10.9 Å². The van der Waals surface area contributed by atoms with Gasteiger partial charge in [0.1, 0.15) is 6.33 Å². The minimum atomic E-state index is 0.665. The lowest BCUT2D eigenvalue weighted by Crippen LogP contribution is -2.32. The molecule has 0 amide bonds. The molecule has 0 spiro atoms. The minimum absolute atomic E-state index is 0.665. The van der Waals surface area contributed by atoms with Gasteiger partial charge in [-0.05, 0) is 62.5 Å². The van der Waals surface area contributed by atoms with E-state index in [1.54, 1.807) is 6.33 Å². The fourth-order valence-corrected chi connectivity index (χ4v) is 3.69. The Bertz CT molecular complexity index is 800. The lowest BCUT2D eigenvalue weighted by Gasteiger charge is -2.32. The summed E-state index contributed by atoms with van der Waals surface area (Å²) in [5.41, 5.74) is 4.93. The van der Waals surface area contributed by atoms with E-state index in [9.17, 15) is 0 Å². The second kappa shape index (κ2) is 6.13. The Hall–Kier alpha value is -2.20. The van der Waals surface area contributed by atoms with Gasteiger partial charge < -0.3 is 4.98 Å². The van der Waals surface area contributed by atoms with Crippen LogP contribution in [0.15, 0.2) is 42.9 Å². The van der Waals surface area contributed by atoms with Crippen molar-refractivity contribution in [2.75, 3.05) is 13.1 Å². The van der Waals surface area contributed by atoms with Crippen LogP contribution >= 0.6 is 0 Å². The third-order valence-corrected chi connectivity index (χ3v) is 4.90. The third kappa shape index (κ3) is 2.99. The summed E-state index contributed by atoms with van der Waals surface area (Å²) in [5, 5.41) is 1.39. The van der Waals surface area contributed by atoms with Crippen LogP contribution < -0.4 is 0 Å². The number of piperidine rings is 1. The van der Waals surface area contributed by atoms with Crippen LogP contribution in [-0.4, -0.2) is 32.9 Å². The molecule has 3 aromatic rings. The van der Waals surface area contributed by atoms with Crippen LogP contribution in [0.2, 0.25) is 0 Å². The van der Waals surface area contributed by atoms with Gasteiger partial charge in [-0.25, -0.2) is 9.97 Å². The molecule has 1 fully saturated rings. The van der Waals surface area contributed by atoms with Crippen molar-refractivity contribution < 1.29 is 0 Å². The molecule has 23 heavy (non-hydrogen) atoms. The molecule has 4 rings (SSSR count). The minimum Gasteiger partial charge on any atom is -0.361 e. The fraction of sp³-hybridized carbons (Fsp3) is 0.368. The normalized spacial score (nSPS) is 16.9. The van der Waals surface area contributed by atoms with Crippen molar-refractivity contribution in [3.8, 4) is 0 Å². The first-order valence-corrected chi connectivity index (χ1v) is 8.35. The topological polar surface area (TPSA) is 44.8 Å². The van der Waals surface area contributed by atoms with Gasteiger partial charge in [0.25, 0.3) is 0 Å². The number of likely N-dealkylation sites (tertiary alicyclic amines) is 1. The van der Waals surface area contributed by atoms with E-state index in [-0.39, 0.29) is 0 Å². The van der Waals surface area contributed by atoms with Gasteiger partial charge >= 0.3 is 0 Å².